The Kier molecular flexibility index (Phi) is 3.99. The third-order valence-electron chi connectivity index (χ3n) is 3.90. The van der Waals surface area contributed by atoms with Crippen LogP contribution in [0.3, 0.4) is 0 Å². The fourth-order valence-corrected chi connectivity index (χ4v) is 3.67. The zero-order chi connectivity index (χ0) is 14.2. The molecule has 1 N–H and O–H groups in total. The van der Waals surface area contributed by atoms with Crippen molar-refractivity contribution in [1.82, 2.24) is 4.31 Å². The van der Waals surface area contributed by atoms with Crippen molar-refractivity contribution in [3.63, 3.8) is 0 Å². The first kappa shape index (κ1) is 14.5. The number of aliphatic hydroxyl groups excluding tert-OH is 1. The zero-order valence-electron chi connectivity index (χ0n) is 11.6. The van der Waals surface area contributed by atoms with Crippen molar-refractivity contribution in [3.05, 3.63) is 29.8 Å². The summed E-state index contributed by atoms with van der Waals surface area (Å²) in [6, 6.07) is 6.56. The minimum absolute atomic E-state index is 0.0280. The predicted octanol–water partition coefficient (Wildman–Crippen LogP) is 2.16. The molecule has 1 aliphatic carbocycles. The van der Waals surface area contributed by atoms with Crippen LogP contribution in [0.4, 0.5) is 0 Å². The Morgan fingerprint density at radius 3 is 2.47 bits per heavy atom. The van der Waals surface area contributed by atoms with Gasteiger partial charge in [-0.3, -0.25) is 0 Å². The predicted molar refractivity (Wildman–Crippen MR) is 74.2 cm³/mol. The van der Waals surface area contributed by atoms with Gasteiger partial charge < -0.3 is 5.11 Å². The molecule has 5 heteroatoms. The Bertz CT molecular complexity index is 550. The molecule has 106 valence electrons. The van der Waals surface area contributed by atoms with Crippen LogP contribution in [0.1, 0.15) is 38.4 Å². The Labute approximate surface area is 115 Å². The monoisotopic (exact) mass is 283 g/mol. The van der Waals surface area contributed by atoms with Gasteiger partial charge in [-0.05, 0) is 50.3 Å². The second kappa shape index (κ2) is 5.23. The number of hydrogen-bond acceptors (Lipinski definition) is 3. The second-order valence-electron chi connectivity index (χ2n) is 5.35. The molecule has 0 spiro atoms. The standard InChI is InChI=1S/C14H21NO3S/c1-10(12-7-8-12)15(3)19(17,18)14-6-4-5-13(9-14)11(2)16/h4-6,9-12,16H,7-8H2,1-3H3. The van der Waals surface area contributed by atoms with Crippen molar-refractivity contribution >= 4 is 10.0 Å². The molecule has 19 heavy (non-hydrogen) atoms. The molecule has 0 aromatic heterocycles. The van der Waals surface area contributed by atoms with Gasteiger partial charge in [-0.15, -0.1) is 0 Å². The van der Waals surface area contributed by atoms with E-state index in [1.165, 1.54) is 4.31 Å². The summed E-state index contributed by atoms with van der Waals surface area (Å²) >= 11 is 0. The van der Waals surface area contributed by atoms with Crippen molar-refractivity contribution < 1.29 is 13.5 Å². The third-order valence-corrected chi connectivity index (χ3v) is 5.84. The van der Waals surface area contributed by atoms with E-state index in [0.717, 1.165) is 12.8 Å². The van der Waals surface area contributed by atoms with Crippen LogP contribution in [0, 0.1) is 5.92 Å². The van der Waals surface area contributed by atoms with Gasteiger partial charge in [0.15, 0.2) is 0 Å². The fourth-order valence-electron chi connectivity index (χ4n) is 2.20. The van der Waals surface area contributed by atoms with Gasteiger partial charge in [0.05, 0.1) is 11.0 Å². The maximum atomic E-state index is 12.5. The summed E-state index contributed by atoms with van der Waals surface area (Å²) in [6.07, 6.45) is 1.55. The lowest BCUT2D eigenvalue weighted by molar-refractivity contribution is 0.199. The Balaban J connectivity index is 2.30. The average molecular weight is 283 g/mol. The molecule has 1 aromatic carbocycles. The molecular formula is C14H21NO3S. The summed E-state index contributed by atoms with van der Waals surface area (Å²) < 4.78 is 26.5. The van der Waals surface area contributed by atoms with E-state index >= 15 is 0 Å². The van der Waals surface area contributed by atoms with Crippen molar-refractivity contribution in [1.29, 1.82) is 0 Å². The summed E-state index contributed by atoms with van der Waals surface area (Å²) in [6.45, 7) is 3.58. The summed E-state index contributed by atoms with van der Waals surface area (Å²) in [5.74, 6) is 0.486. The van der Waals surface area contributed by atoms with Crippen LogP contribution < -0.4 is 0 Å². The number of nitrogens with zero attached hydrogens (tertiary/aromatic N) is 1. The lowest BCUT2D eigenvalue weighted by Gasteiger charge is -2.24. The van der Waals surface area contributed by atoms with Crippen LogP contribution in [-0.2, 0) is 10.0 Å². The van der Waals surface area contributed by atoms with E-state index in [4.69, 9.17) is 0 Å². The van der Waals surface area contributed by atoms with E-state index < -0.39 is 16.1 Å². The minimum atomic E-state index is -3.48. The molecule has 1 fully saturated rings. The maximum Gasteiger partial charge on any atom is 0.243 e. The maximum absolute atomic E-state index is 12.5. The molecule has 0 radical (unpaired) electrons. The van der Waals surface area contributed by atoms with E-state index in [9.17, 15) is 13.5 Å². The summed E-state index contributed by atoms with van der Waals surface area (Å²) in [7, 11) is -1.84. The lowest BCUT2D eigenvalue weighted by Crippen LogP contribution is -2.36. The smallest absolute Gasteiger partial charge is 0.243 e. The minimum Gasteiger partial charge on any atom is -0.389 e. The van der Waals surface area contributed by atoms with Crippen molar-refractivity contribution in [2.45, 2.75) is 43.7 Å². The highest BCUT2D eigenvalue weighted by molar-refractivity contribution is 7.89. The largest absolute Gasteiger partial charge is 0.389 e. The zero-order valence-corrected chi connectivity index (χ0v) is 12.4. The van der Waals surface area contributed by atoms with Crippen LogP contribution in [0.25, 0.3) is 0 Å². The first-order valence-corrected chi connectivity index (χ1v) is 8.04. The third kappa shape index (κ3) is 2.99. The molecule has 2 atom stereocenters. The van der Waals surface area contributed by atoms with Gasteiger partial charge in [-0.25, -0.2) is 8.42 Å². The van der Waals surface area contributed by atoms with Crippen LogP contribution in [0.5, 0.6) is 0 Å². The van der Waals surface area contributed by atoms with E-state index in [-0.39, 0.29) is 10.9 Å². The molecule has 0 aliphatic heterocycles. The van der Waals surface area contributed by atoms with E-state index in [2.05, 4.69) is 0 Å². The number of rotatable bonds is 5. The van der Waals surface area contributed by atoms with Gasteiger partial charge in [0.2, 0.25) is 10.0 Å². The molecule has 0 heterocycles. The molecule has 4 nitrogen and oxygen atoms in total. The first-order chi connectivity index (χ1) is 8.84. The molecule has 0 saturated heterocycles. The average Bonchev–Trinajstić information content (AvgIpc) is 3.21. The normalized spacial score (nSPS) is 19.4. The van der Waals surface area contributed by atoms with Gasteiger partial charge in [0.1, 0.15) is 0 Å². The first-order valence-electron chi connectivity index (χ1n) is 6.60. The molecule has 1 aromatic rings. The fraction of sp³-hybridized carbons (Fsp3) is 0.571. The molecule has 1 aliphatic rings. The topological polar surface area (TPSA) is 57.6 Å². The van der Waals surface area contributed by atoms with E-state index in [1.807, 2.05) is 6.92 Å². The van der Waals surface area contributed by atoms with Gasteiger partial charge in [-0.1, -0.05) is 12.1 Å². The molecule has 0 amide bonds. The van der Waals surface area contributed by atoms with Crippen molar-refractivity contribution in [3.8, 4) is 0 Å². The quantitative estimate of drug-likeness (QED) is 0.901. The van der Waals surface area contributed by atoms with Gasteiger partial charge in [0.25, 0.3) is 0 Å². The van der Waals surface area contributed by atoms with Crippen LogP contribution >= 0.6 is 0 Å². The van der Waals surface area contributed by atoms with Crippen LogP contribution in [0.2, 0.25) is 0 Å². The van der Waals surface area contributed by atoms with Gasteiger partial charge >= 0.3 is 0 Å². The highest BCUT2D eigenvalue weighted by Crippen LogP contribution is 2.36. The van der Waals surface area contributed by atoms with Crippen molar-refractivity contribution in [2.75, 3.05) is 7.05 Å². The molecule has 1 saturated carbocycles. The second-order valence-corrected chi connectivity index (χ2v) is 7.35. The Hall–Kier alpha value is -0.910. The van der Waals surface area contributed by atoms with Crippen LogP contribution in [0.15, 0.2) is 29.2 Å². The molecule has 2 unspecified atom stereocenters. The van der Waals surface area contributed by atoms with E-state index in [0.29, 0.717) is 11.5 Å². The highest BCUT2D eigenvalue weighted by atomic mass is 32.2. The lowest BCUT2D eigenvalue weighted by atomic mass is 10.1. The molecule has 2 rings (SSSR count). The summed E-state index contributed by atoms with van der Waals surface area (Å²) in [5, 5.41) is 9.55. The number of benzene rings is 1. The molecule has 0 bridgehead atoms. The SMILES string of the molecule is CC(O)c1cccc(S(=O)(=O)N(C)C(C)C2CC2)c1. The summed E-state index contributed by atoms with van der Waals surface area (Å²) in [5.41, 5.74) is 0.619. The Morgan fingerprint density at radius 2 is 1.95 bits per heavy atom. The number of aliphatic hydroxyl groups is 1. The highest BCUT2D eigenvalue weighted by Gasteiger charge is 2.36. The van der Waals surface area contributed by atoms with Crippen LogP contribution in [-0.4, -0.2) is 30.9 Å². The van der Waals surface area contributed by atoms with Gasteiger partial charge in [-0.2, -0.15) is 4.31 Å². The van der Waals surface area contributed by atoms with Crippen molar-refractivity contribution in [2.24, 2.45) is 5.92 Å². The molecular weight excluding hydrogens is 262 g/mol. The Morgan fingerprint density at radius 1 is 1.32 bits per heavy atom. The van der Waals surface area contributed by atoms with E-state index in [1.54, 1.807) is 38.2 Å². The summed E-state index contributed by atoms with van der Waals surface area (Å²) in [4.78, 5) is 0.251. The number of sulfonamides is 1. The number of hydrogen-bond donors (Lipinski definition) is 1. The van der Waals surface area contributed by atoms with Gasteiger partial charge in [0, 0.05) is 13.1 Å².